The van der Waals surface area contributed by atoms with Crippen LogP contribution in [0.1, 0.15) is 25.3 Å². The van der Waals surface area contributed by atoms with E-state index in [1.165, 1.54) is 6.92 Å². The van der Waals surface area contributed by atoms with Crippen LogP contribution in [0.5, 0.6) is 5.75 Å². The molecule has 0 aliphatic rings. The van der Waals surface area contributed by atoms with Crippen molar-refractivity contribution in [3.05, 3.63) is 35.0 Å². The molecule has 1 amide bonds. The molecule has 4 nitrogen and oxygen atoms in total. The summed E-state index contributed by atoms with van der Waals surface area (Å²) in [6.45, 7) is 4.11. The lowest BCUT2D eigenvalue weighted by atomic mass is 9.97. The summed E-state index contributed by atoms with van der Waals surface area (Å²) in [5, 5.41) is 4.27. The van der Waals surface area contributed by atoms with Crippen LogP contribution < -0.4 is 10.1 Å². The molecule has 0 saturated heterocycles. The molecular formula is C15H17ClN2O2. The van der Waals surface area contributed by atoms with E-state index in [9.17, 15) is 4.79 Å². The number of ether oxygens (including phenoxy) is 1. The van der Waals surface area contributed by atoms with Crippen LogP contribution in [0.4, 0.5) is 0 Å². The molecular weight excluding hydrogens is 276 g/mol. The maximum absolute atomic E-state index is 11.0. The van der Waals surface area contributed by atoms with E-state index in [1.807, 2.05) is 31.2 Å². The zero-order valence-corrected chi connectivity index (χ0v) is 12.5. The summed E-state index contributed by atoms with van der Waals surface area (Å²) in [6, 6.07) is 7.52. The van der Waals surface area contributed by atoms with Crippen LogP contribution >= 0.6 is 11.6 Å². The average molecular weight is 293 g/mol. The number of fused-ring (bicyclic) bond motifs is 1. The number of nitrogens with zero attached hydrogens (tertiary/aromatic N) is 1. The van der Waals surface area contributed by atoms with Crippen LogP contribution in [0.25, 0.3) is 10.9 Å². The number of amides is 1. The molecule has 106 valence electrons. The molecule has 0 spiro atoms. The number of rotatable bonds is 4. The lowest BCUT2D eigenvalue weighted by Crippen LogP contribution is -2.24. The largest absolute Gasteiger partial charge is 0.497 e. The molecule has 0 aliphatic carbocycles. The zero-order valence-electron chi connectivity index (χ0n) is 11.7. The minimum Gasteiger partial charge on any atom is -0.497 e. The van der Waals surface area contributed by atoms with Crippen molar-refractivity contribution < 1.29 is 9.53 Å². The van der Waals surface area contributed by atoms with Gasteiger partial charge in [-0.2, -0.15) is 0 Å². The summed E-state index contributed by atoms with van der Waals surface area (Å²) in [7, 11) is 1.63. The molecule has 20 heavy (non-hydrogen) atoms. The highest BCUT2D eigenvalue weighted by Gasteiger charge is 2.13. The number of halogens is 1. The van der Waals surface area contributed by atoms with Gasteiger partial charge in [-0.25, -0.2) is 4.98 Å². The van der Waals surface area contributed by atoms with Gasteiger partial charge in [-0.15, -0.1) is 0 Å². The zero-order chi connectivity index (χ0) is 14.7. The number of benzene rings is 1. The Morgan fingerprint density at radius 1 is 1.45 bits per heavy atom. The predicted molar refractivity (Wildman–Crippen MR) is 80.4 cm³/mol. The minimum atomic E-state index is -0.0427. The van der Waals surface area contributed by atoms with E-state index in [0.717, 1.165) is 22.2 Å². The van der Waals surface area contributed by atoms with Gasteiger partial charge in [-0.05, 0) is 35.7 Å². The molecule has 1 atom stereocenters. The van der Waals surface area contributed by atoms with E-state index in [0.29, 0.717) is 11.7 Å². The monoisotopic (exact) mass is 292 g/mol. The fourth-order valence-corrected chi connectivity index (χ4v) is 2.35. The Kier molecular flexibility index (Phi) is 4.45. The first kappa shape index (κ1) is 14.6. The quantitative estimate of drug-likeness (QED) is 0.881. The highest BCUT2D eigenvalue weighted by molar-refractivity contribution is 6.30. The second kappa shape index (κ2) is 6.09. The standard InChI is InChI=1S/C15H17ClN2O2/c1-9(8-17-10(2)19)12-7-15(16)18-14-5-4-11(20-3)6-13(12)14/h4-7,9H,8H2,1-3H3,(H,17,19). The third-order valence-corrected chi connectivity index (χ3v) is 3.40. The van der Waals surface area contributed by atoms with Gasteiger partial charge in [0.25, 0.3) is 0 Å². The number of methoxy groups -OCH3 is 1. The van der Waals surface area contributed by atoms with E-state index in [4.69, 9.17) is 16.3 Å². The first-order valence-electron chi connectivity index (χ1n) is 6.40. The smallest absolute Gasteiger partial charge is 0.216 e. The van der Waals surface area contributed by atoms with Crippen molar-refractivity contribution in [2.45, 2.75) is 19.8 Å². The fraction of sp³-hybridized carbons (Fsp3) is 0.333. The normalized spacial score (nSPS) is 12.2. The summed E-state index contributed by atoms with van der Waals surface area (Å²) >= 11 is 6.07. The Hall–Kier alpha value is -1.81. The van der Waals surface area contributed by atoms with Crippen LogP contribution in [-0.2, 0) is 4.79 Å². The van der Waals surface area contributed by atoms with Crippen LogP contribution in [0.2, 0.25) is 5.15 Å². The number of carbonyl (C=O) groups is 1. The molecule has 1 heterocycles. The summed E-state index contributed by atoms with van der Waals surface area (Å²) < 4.78 is 5.25. The maximum Gasteiger partial charge on any atom is 0.216 e. The topological polar surface area (TPSA) is 51.2 Å². The van der Waals surface area contributed by atoms with E-state index < -0.39 is 0 Å². The molecule has 1 aromatic heterocycles. The molecule has 0 radical (unpaired) electrons. The van der Waals surface area contributed by atoms with Crippen molar-refractivity contribution in [2.75, 3.05) is 13.7 Å². The third kappa shape index (κ3) is 3.20. The minimum absolute atomic E-state index is 0.0427. The van der Waals surface area contributed by atoms with E-state index in [2.05, 4.69) is 10.3 Å². The molecule has 0 saturated carbocycles. The maximum atomic E-state index is 11.0. The lowest BCUT2D eigenvalue weighted by molar-refractivity contribution is -0.119. The van der Waals surface area contributed by atoms with Crippen LogP contribution in [-0.4, -0.2) is 24.5 Å². The van der Waals surface area contributed by atoms with E-state index >= 15 is 0 Å². The SMILES string of the molecule is COc1ccc2nc(Cl)cc(C(C)CNC(C)=O)c2c1. The van der Waals surface area contributed by atoms with Gasteiger partial charge in [0.05, 0.1) is 12.6 Å². The highest BCUT2D eigenvalue weighted by Crippen LogP contribution is 2.29. The number of carbonyl (C=O) groups excluding carboxylic acids is 1. The number of pyridine rings is 1. The lowest BCUT2D eigenvalue weighted by Gasteiger charge is -2.15. The van der Waals surface area contributed by atoms with Crippen molar-refractivity contribution in [2.24, 2.45) is 0 Å². The Morgan fingerprint density at radius 2 is 2.20 bits per heavy atom. The number of hydrogen-bond acceptors (Lipinski definition) is 3. The molecule has 1 aromatic carbocycles. The van der Waals surface area contributed by atoms with Gasteiger partial charge in [-0.3, -0.25) is 4.79 Å². The molecule has 5 heteroatoms. The van der Waals surface area contributed by atoms with Gasteiger partial charge >= 0.3 is 0 Å². The third-order valence-electron chi connectivity index (χ3n) is 3.20. The fourth-order valence-electron chi connectivity index (χ4n) is 2.14. The summed E-state index contributed by atoms with van der Waals surface area (Å²) in [5.74, 6) is 0.863. The van der Waals surface area contributed by atoms with Crippen molar-refractivity contribution in [3.8, 4) is 5.75 Å². The second-order valence-electron chi connectivity index (χ2n) is 4.76. The summed E-state index contributed by atoms with van der Waals surface area (Å²) in [6.07, 6.45) is 0. The average Bonchev–Trinajstić information content (AvgIpc) is 2.43. The van der Waals surface area contributed by atoms with E-state index in [1.54, 1.807) is 7.11 Å². The first-order valence-corrected chi connectivity index (χ1v) is 6.77. The molecule has 2 aromatic rings. The van der Waals surface area contributed by atoms with Crippen molar-refractivity contribution >= 4 is 28.4 Å². The first-order chi connectivity index (χ1) is 9.51. The van der Waals surface area contributed by atoms with E-state index in [-0.39, 0.29) is 11.8 Å². The Labute approximate surface area is 123 Å². The van der Waals surface area contributed by atoms with Gasteiger partial charge in [0.1, 0.15) is 10.9 Å². The Morgan fingerprint density at radius 3 is 2.85 bits per heavy atom. The number of aromatic nitrogens is 1. The van der Waals surface area contributed by atoms with Crippen molar-refractivity contribution in [1.82, 2.24) is 10.3 Å². The molecule has 2 rings (SSSR count). The number of nitrogens with one attached hydrogen (secondary N) is 1. The van der Waals surface area contributed by atoms with Gasteiger partial charge in [-0.1, -0.05) is 18.5 Å². The predicted octanol–water partition coefficient (Wildman–Crippen LogP) is 3.14. The molecule has 0 aliphatic heterocycles. The Balaban J connectivity index is 2.46. The molecule has 0 bridgehead atoms. The van der Waals surface area contributed by atoms with Crippen LogP contribution in [0, 0.1) is 0 Å². The highest BCUT2D eigenvalue weighted by atomic mass is 35.5. The van der Waals surface area contributed by atoms with Gasteiger partial charge in [0.2, 0.25) is 5.91 Å². The summed E-state index contributed by atoms with van der Waals surface area (Å²) in [4.78, 5) is 15.4. The number of hydrogen-bond donors (Lipinski definition) is 1. The van der Waals surface area contributed by atoms with Crippen molar-refractivity contribution in [1.29, 1.82) is 0 Å². The molecule has 1 unspecified atom stereocenters. The van der Waals surface area contributed by atoms with Gasteiger partial charge in [0, 0.05) is 18.9 Å². The van der Waals surface area contributed by atoms with Gasteiger partial charge < -0.3 is 10.1 Å². The Bertz CT molecular complexity index is 643. The molecule has 1 N–H and O–H groups in total. The van der Waals surface area contributed by atoms with Crippen LogP contribution in [0.15, 0.2) is 24.3 Å². The van der Waals surface area contributed by atoms with Crippen LogP contribution in [0.3, 0.4) is 0 Å². The molecule has 0 fully saturated rings. The van der Waals surface area contributed by atoms with Crippen molar-refractivity contribution in [3.63, 3.8) is 0 Å². The summed E-state index contributed by atoms with van der Waals surface area (Å²) in [5.41, 5.74) is 1.87. The van der Waals surface area contributed by atoms with Gasteiger partial charge in [0.15, 0.2) is 0 Å². The second-order valence-corrected chi connectivity index (χ2v) is 5.14.